The summed E-state index contributed by atoms with van der Waals surface area (Å²) < 4.78 is 21.1. The number of hydrogen-bond acceptors (Lipinski definition) is 7. The maximum Gasteiger partial charge on any atom is 0.315 e. The zero-order valence-electron chi connectivity index (χ0n) is 19.1. The number of amides is 3. The van der Waals surface area contributed by atoms with Gasteiger partial charge >= 0.3 is 12.0 Å². The predicted molar refractivity (Wildman–Crippen MR) is 117 cm³/mol. The number of hydrogen-bond donors (Lipinski definition) is 4. The SMILES string of the molecule is CC1NC(=O)NC1CCCCCC(=O)NCCOCCOCCOCCOCCC(=O)O. The van der Waals surface area contributed by atoms with Crippen LogP contribution >= 0.6 is 0 Å². The highest BCUT2D eigenvalue weighted by atomic mass is 16.6. The quantitative estimate of drug-likeness (QED) is 0.183. The summed E-state index contributed by atoms with van der Waals surface area (Å²) in [5.41, 5.74) is 0. The first-order valence-corrected chi connectivity index (χ1v) is 11.4. The van der Waals surface area contributed by atoms with Crippen LogP contribution in [0.4, 0.5) is 4.79 Å². The molecule has 0 spiro atoms. The van der Waals surface area contributed by atoms with E-state index in [4.69, 9.17) is 24.1 Å². The van der Waals surface area contributed by atoms with Gasteiger partial charge in [0.1, 0.15) is 0 Å². The van der Waals surface area contributed by atoms with Gasteiger partial charge in [0.25, 0.3) is 0 Å². The average molecular weight is 462 g/mol. The Bertz CT molecular complexity index is 535. The van der Waals surface area contributed by atoms with E-state index in [2.05, 4.69) is 16.0 Å². The minimum absolute atomic E-state index is 0.00619. The molecule has 0 aromatic carbocycles. The van der Waals surface area contributed by atoms with Gasteiger partial charge < -0.3 is 40.0 Å². The molecule has 0 aliphatic carbocycles. The molecule has 2 atom stereocenters. The average Bonchev–Trinajstić information content (AvgIpc) is 3.07. The Kier molecular flexibility index (Phi) is 16.3. The molecule has 0 saturated carbocycles. The monoisotopic (exact) mass is 461 g/mol. The maximum atomic E-state index is 11.8. The third kappa shape index (κ3) is 15.8. The molecule has 32 heavy (non-hydrogen) atoms. The lowest BCUT2D eigenvalue weighted by atomic mass is 10.0. The van der Waals surface area contributed by atoms with Crippen LogP contribution in [0.25, 0.3) is 0 Å². The van der Waals surface area contributed by atoms with Crippen LogP contribution in [0, 0.1) is 0 Å². The van der Waals surface area contributed by atoms with Crippen LogP contribution in [0.3, 0.4) is 0 Å². The standard InChI is InChI=1S/C21H39N3O8/c1-17-18(24-21(28)23-17)5-3-2-4-6-19(25)22-8-10-30-12-14-32-16-15-31-13-11-29-9-7-20(26)27/h17-18H,2-16H2,1H3,(H,22,25)(H,26,27)(H2,23,24,28). The fourth-order valence-corrected chi connectivity index (χ4v) is 3.06. The van der Waals surface area contributed by atoms with Crippen molar-refractivity contribution in [2.45, 2.75) is 57.5 Å². The number of carbonyl (C=O) groups is 3. The zero-order valence-corrected chi connectivity index (χ0v) is 19.1. The van der Waals surface area contributed by atoms with Gasteiger partial charge in [0.2, 0.25) is 5.91 Å². The van der Waals surface area contributed by atoms with E-state index in [1.807, 2.05) is 6.92 Å². The Labute approximate surface area is 189 Å². The van der Waals surface area contributed by atoms with E-state index in [0.717, 1.165) is 25.7 Å². The molecule has 0 aromatic rings. The van der Waals surface area contributed by atoms with Gasteiger partial charge in [-0.2, -0.15) is 0 Å². The molecule has 1 fully saturated rings. The molecule has 1 saturated heterocycles. The second-order valence-electron chi connectivity index (χ2n) is 7.56. The van der Waals surface area contributed by atoms with E-state index >= 15 is 0 Å². The third-order valence-corrected chi connectivity index (χ3v) is 4.84. The van der Waals surface area contributed by atoms with Crippen molar-refractivity contribution in [1.29, 1.82) is 0 Å². The van der Waals surface area contributed by atoms with Crippen LogP contribution in [-0.4, -0.2) is 94.5 Å². The van der Waals surface area contributed by atoms with Crippen molar-refractivity contribution in [3.8, 4) is 0 Å². The van der Waals surface area contributed by atoms with E-state index in [1.165, 1.54) is 0 Å². The minimum Gasteiger partial charge on any atom is -0.481 e. The fourth-order valence-electron chi connectivity index (χ4n) is 3.06. The number of unbranched alkanes of at least 4 members (excludes halogenated alkanes) is 2. The summed E-state index contributed by atoms with van der Waals surface area (Å²) in [6, 6.07) is 0.243. The Morgan fingerprint density at radius 3 is 2.00 bits per heavy atom. The van der Waals surface area contributed by atoms with Crippen molar-refractivity contribution in [1.82, 2.24) is 16.0 Å². The second-order valence-corrected chi connectivity index (χ2v) is 7.56. The normalized spacial score (nSPS) is 17.7. The largest absolute Gasteiger partial charge is 0.481 e. The highest BCUT2D eigenvalue weighted by Crippen LogP contribution is 2.11. The van der Waals surface area contributed by atoms with E-state index in [-0.39, 0.29) is 37.0 Å². The topological polar surface area (TPSA) is 144 Å². The number of aliphatic carboxylic acids is 1. The molecule has 11 heteroatoms. The molecule has 1 aliphatic heterocycles. The lowest BCUT2D eigenvalue weighted by Gasteiger charge is -2.13. The molecule has 1 aliphatic rings. The summed E-state index contributed by atoms with van der Waals surface area (Å²) in [5, 5.41) is 17.0. The molecule has 1 heterocycles. The van der Waals surface area contributed by atoms with Crippen molar-refractivity contribution in [3.05, 3.63) is 0 Å². The maximum absolute atomic E-state index is 11.8. The zero-order chi connectivity index (χ0) is 23.4. The summed E-state index contributed by atoms with van der Waals surface area (Å²) >= 11 is 0. The van der Waals surface area contributed by atoms with Crippen molar-refractivity contribution in [2.24, 2.45) is 0 Å². The number of carboxylic acids is 1. The first-order valence-electron chi connectivity index (χ1n) is 11.4. The summed E-state index contributed by atoms with van der Waals surface area (Å²) in [6.45, 7) is 5.61. The summed E-state index contributed by atoms with van der Waals surface area (Å²) in [4.78, 5) is 33.3. The Hall–Kier alpha value is -1.95. The van der Waals surface area contributed by atoms with E-state index in [0.29, 0.717) is 59.2 Å². The van der Waals surface area contributed by atoms with Gasteiger partial charge in [-0.05, 0) is 19.8 Å². The number of urea groups is 1. The second kappa shape index (κ2) is 18.6. The Morgan fingerprint density at radius 1 is 0.844 bits per heavy atom. The van der Waals surface area contributed by atoms with Crippen LogP contribution in [-0.2, 0) is 28.5 Å². The van der Waals surface area contributed by atoms with E-state index < -0.39 is 5.97 Å². The fraction of sp³-hybridized carbons (Fsp3) is 0.857. The number of ether oxygens (including phenoxy) is 4. The van der Waals surface area contributed by atoms with Gasteiger partial charge in [-0.3, -0.25) is 9.59 Å². The third-order valence-electron chi connectivity index (χ3n) is 4.84. The Balaban J connectivity index is 1.75. The highest BCUT2D eigenvalue weighted by Gasteiger charge is 2.26. The lowest BCUT2D eigenvalue weighted by molar-refractivity contribution is -0.138. The van der Waals surface area contributed by atoms with Gasteiger partial charge in [-0.1, -0.05) is 12.8 Å². The molecular weight excluding hydrogens is 422 g/mol. The van der Waals surface area contributed by atoms with Gasteiger partial charge in [0.15, 0.2) is 0 Å². The van der Waals surface area contributed by atoms with Crippen LogP contribution in [0.5, 0.6) is 0 Å². The number of nitrogens with one attached hydrogen (secondary N) is 3. The van der Waals surface area contributed by atoms with Crippen molar-refractivity contribution in [3.63, 3.8) is 0 Å². The summed E-state index contributed by atoms with van der Waals surface area (Å²) in [7, 11) is 0. The van der Waals surface area contributed by atoms with Gasteiger partial charge in [0.05, 0.1) is 65.3 Å². The van der Waals surface area contributed by atoms with Crippen molar-refractivity contribution >= 4 is 17.9 Å². The van der Waals surface area contributed by atoms with Crippen LogP contribution in [0.15, 0.2) is 0 Å². The van der Waals surface area contributed by atoms with Gasteiger partial charge in [-0.15, -0.1) is 0 Å². The molecule has 1 rings (SSSR count). The summed E-state index contributed by atoms with van der Waals surface area (Å²) in [6.07, 6.45) is 4.19. The predicted octanol–water partition coefficient (Wildman–Crippen LogP) is 0.664. The van der Waals surface area contributed by atoms with Crippen molar-refractivity contribution in [2.75, 3.05) is 59.4 Å². The van der Waals surface area contributed by atoms with E-state index in [9.17, 15) is 14.4 Å². The first kappa shape index (κ1) is 28.1. The van der Waals surface area contributed by atoms with Crippen molar-refractivity contribution < 1.29 is 38.4 Å². The van der Waals surface area contributed by atoms with Gasteiger partial charge in [-0.25, -0.2) is 4.79 Å². The van der Waals surface area contributed by atoms with Crippen LogP contribution in [0.1, 0.15) is 45.4 Å². The summed E-state index contributed by atoms with van der Waals surface area (Å²) in [5.74, 6) is -0.852. The molecule has 0 bridgehead atoms. The molecule has 186 valence electrons. The molecular formula is C21H39N3O8. The molecule has 0 aromatic heterocycles. The van der Waals surface area contributed by atoms with Crippen LogP contribution in [0.2, 0.25) is 0 Å². The smallest absolute Gasteiger partial charge is 0.315 e. The molecule has 2 unspecified atom stereocenters. The highest BCUT2D eigenvalue weighted by molar-refractivity contribution is 5.77. The lowest BCUT2D eigenvalue weighted by Crippen LogP contribution is -2.30. The van der Waals surface area contributed by atoms with Crippen LogP contribution < -0.4 is 16.0 Å². The molecule has 4 N–H and O–H groups in total. The molecule has 11 nitrogen and oxygen atoms in total. The number of carbonyl (C=O) groups excluding carboxylic acids is 2. The number of carboxylic acid groups (broad SMARTS) is 1. The number of rotatable bonds is 21. The molecule has 3 amide bonds. The van der Waals surface area contributed by atoms with Gasteiger partial charge in [0, 0.05) is 19.0 Å². The first-order chi connectivity index (χ1) is 15.5. The minimum atomic E-state index is -0.879. The molecule has 0 radical (unpaired) electrons. The van der Waals surface area contributed by atoms with E-state index in [1.54, 1.807) is 0 Å². The Morgan fingerprint density at radius 2 is 1.44 bits per heavy atom.